The highest BCUT2D eigenvalue weighted by Gasteiger charge is 2.22. The third kappa shape index (κ3) is 4.36. The van der Waals surface area contributed by atoms with Gasteiger partial charge in [-0.05, 0) is 66.3 Å². The van der Waals surface area contributed by atoms with E-state index in [0.717, 1.165) is 22.3 Å². The molecule has 0 aromatic heterocycles. The second-order valence-electron chi connectivity index (χ2n) is 7.42. The van der Waals surface area contributed by atoms with Gasteiger partial charge >= 0.3 is 0 Å². The van der Waals surface area contributed by atoms with Crippen molar-refractivity contribution in [1.29, 1.82) is 0 Å². The third-order valence-corrected chi connectivity index (χ3v) is 6.07. The molecular weight excluding hydrogens is 416 g/mol. The van der Waals surface area contributed by atoms with E-state index in [9.17, 15) is 0 Å². The Hall–Kier alpha value is -1.83. The quantitative estimate of drug-likeness (QED) is 0.454. The highest BCUT2D eigenvalue weighted by Crippen LogP contribution is 2.40. The van der Waals surface area contributed by atoms with Crippen molar-refractivity contribution in [2.24, 2.45) is 5.92 Å². The SMILES string of the molecule is CC1=CC=CC(C2=CC(c3cccc(Br)c3)CC(c3cccc(Cl)c3)=C2)C1. The largest absolute Gasteiger partial charge is 0.0843 e. The summed E-state index contributed by atoms with van der Waals surface area (Å²) in [5.74, 6) is 0.815. The lowest BCUT2D eigenvalue weighted by Gasteiger charge is -2.27. The lowest BCUT2D eigenvalue weighted by molar-refractivity contribution is 0.727. The minimum absolute atomic E-state index is 0.371. The van der Waals surface area contributed by atoms with Gasteiger partial charge in [-0.1, -0.05) is 87.7 Å². The molecule has 0 bridgehead atoms. The van der Waals surface area contributed by atoms with E-state index in [2.05, 4.69) is 89.6 Å². The van der Waals surface area contributed by atoms with Gasteiger partial charge in [-0.2, -0.15) is 0 Å². The first-order valence-electron chi connectivity index (χ1n) is 9.36. The van der Waals surface area contributed by atoms with Crippen molar-refractivity contribution in [3.8, 4) is 0 Å². The molecule has 0 spiro atoms. The van der Waals surface area contributed by atoms with Crippen LogP contribution in [-0.2, 0) is 0 Å². The number of rotatable bonds is 3. The van der Waals surface area contributed by atoms with Crippen LogP contribution in [0.1, 0.15) is 36.8 Å². The van der Waals surface area contributed by atoms with Gasteiger partial charge in [0.25, 0.3) is 0 Å². The predicted molar refractivity (Wildman–Crippen MR) is 120 cm³/mol. The van der Waals surface area contributed by atoms with Crippen molar-refractivity contribution in [2.45, 2.75) is 25.7 Å². The molecule has 0 nitrogen and oxygen atoms in total. The van der Waals surface area contributed by atoms with Gasteiger partial charge in [-0.15, -0.1) is 0 Å². The first-order valence-corrected chi connectivity index (χ1v) is 10.5. The summed E-state index contributed by atoms with van der Waals surface area (Å²) in [6, 6.07) is 16.9. The van der Waals surface area contributed by atoms with Crippen LogP contribution in [0.15, 0.2) is 94.5 Å². The highest BCUT2D eigenvalue weighted by atomic mass is 79.9. The van der Waals surface area contributed by atoms with Crippen LogP contribution in [0.3, 0.4) is 0 Å². The molecule has 2 unspecified atom stereocenters. The second-order valence-corrected chi connectivity index (χ2v) is 8.77. The molecule has 0 saturated carbocycles. The van der Waals surface area contributed by atoms with Gasteiger partial charge in [0.2, 0.25) is 0 Å². The molecule has 0 N–H and O–H groups in total. The molecule has 0 aliphatic heterocycles. The summed E-state index contributed by atoms with van der Waals surface area (Å²) in [6.07, 6.45) is 13.7. The summed E-state index contributed by atoms with van der Waals surface area (Å²) < 4.78 is 1.13. The van der Waals surface area contributed by atoms with Crippen molar-refractivity contribution in [3.05, 3.63) is 111 Å². The van der Waals surface area contributed by atoms with Crippen LogP contribution in [0.2, 0.25) is 5.02 Å². The van der Waals surface area contributed by atoms with Crippen molar-refractivity contribution in [3.63, 3.8) is 0 Å². The Morgan fingerprint density at radius 3 is 2.63 bits per heavy atom. The normalized spacial score (nSPS) is 22.1. The number of halogens is 2. The van der Waals surface area contributed by atoms with Gasteiger partial charge in [-0.25, -0.2) is 0 Å². The molecule has 2 heteroatoms. The standard InChI is InChI=1S/C25H22BrCl/c1-17-5-2-6-18(11-17)21-12-22(19-7-3-9-24(26)15-19)14-23(13-21)20-8-4-10-25(27)16-20/h2-10,12-13,15-16,18,22H,11,14H2,1H3. The average Bonchev–Trinajstić information content (AvgIpc) is 2.68. The molecular formula is C25H22BrCl. The first-order chi connectivity index (χ1) is 13.1. The molecule has 0 radical (unpaired) electrons. The van der Waals surface area contributed by atoms with Gasteiger partial charge in [0, 0.05) is 21.3 Å². The summed E-state index contributed by atoms with van der Waals surface area (Å²) in [4.78, 5) is 0. The van der Waals surface area contributed by atoms with Crippen LogP contribution >= 0.6 is 27.5 Å². The Labute approximate surface area is 175 Å². The van der Waals surface area contributed by atoms with Crippen molar-refractivity contribution >= 4 is 33.1 Å². The van der Waals surface area contributed by atoms with Gasteiger partial charge in [-0.3, -0.25) is 0 Å². The monoisotopic (exact) mass is 436 g/mol. The number of hydrogen-bond donors (Lipinski definition) is 0. The molecule has 136 valence electrons. The zero-order valence-corrected chi connectivity index (χ0v) is 17.7. The van der Waals surface area contributed by atoms with E-state index in [-0.39, 0.29) is 0 Å². The topological polar surface area (TPSA) is 0 Å². The van der Waals surface area contributed by atoms with Gasteiger partial charge in [0.05, 0.1) is 0 Å². The smallest absolute Gasteiger partial charge is 0.0412 e. The summed E-state index contributed by atoms with van der Waals surface area (Å²) in [7, 11) is 0. The summed E-state index contributed by atoms with van der Waals surface area (Å²) in [5, 5.41) is 0.792. The zero-order valence-electron chi connectivity index (χ0n) is 15.3. The summed E-state index contributed by atoms with van der Waals surface area (Å²) in [6.45, 7) is 2.22. The van der Waals surface area contributed by atoms with Crippen LogP contribution in [0.4, 0.5) is 0 Å². The van der Waals surface area contributed by atoms with Crippen molar-refractivity contribution in [2.75, 3.05) is 0 Å². The fourth-order valence-electron chi connectivity index (χ4n) is 3.97. The fraction of sp³-hybridized carbons (Fsp3) is 0.200. The first kappa shape index (κ1) is 18.5. The van der Waals surface area contributed by atoms with Gasteiger partial charge < -0.3 is 0 Å². The number of benzene rings is 2. The van der Waals surface area contributed by atoms with E-state index in [4.69, 9.17) is 11.6 Å². The van der Waals surface area contributed by atoms with Crippen LogP contribution in [-0.4, -0.2) is 0 Å². The molecule has 0 fully saturated rings. The molecule has 27 heavy (non-hydrogen) atoms. The van der Waals surface area contributed by atoms with Crippen LogP contribution in [0.5, 0.6) is 0 Å². The molecule has 0 saturated heterocycles. The van der Waals surface area contributed by atoms with Crippen molar-refractivity contribution in [1.82, 2.24) is 0 Å². The third-order valence-electron chi connectivity index (χ3n) is 5.34. The molecule has 2 aliphatic rings. The Bertz CT molecular complexity index is 977. The second kappa shape index (κ2) is 8.04. The molecule has 0 heterocycles. The van der Waals surface area contributed by atoms with Crippen LogP contribution < -0.4 is 0 Å². The van der Waals surface area contributed by atoms with Crippen LogP contribution in [0, 0.1) is 5.92 Å². The Morgan fingerprint density at radius 1 is 1.00 bits per heavy atom. The van der Waals surface area contributed by atoms with E-state index >= 15 is 0 Å². The summed E-state index contributed by atoms with van der Waals surface area (Å²) in [5.41, 5.74) is 6.78. The lowest BCUT2D eigenvalue weighted by atomic mass is 9.78. The minimum atomic E-state index is 0.371. The lowest BCUT2D eigenvalue weighted by Crippen LogP contribution is -2.10. The molecule has 2 aromatic carbocycles. The molecule has 2 aromatic rings. The maximum atomic E-state index is 6.28. The van der Waals surface area contributed by atoms with Crippen molar-refractivity contribution < 1.29 is 0 Å². The Morgan fingerprint density at radius 2 is 1.85 bits per heavy atom. The molecule has 4 rings (SSSR count). The Kier molecular flexibility index (Phi) is 5.52. The highest BCUT2D eigenvalue weighted by molar-refractivity contribution is 9.10. The van der Waals surface area contributed by atoms with E-state index < -0.39 is 0 Å². The van der Waals surface area contributed by atoms with E-state index in [1.54, 1.807) is 0 Å². The number of hydrogen-bond acceptors (Lipinski definition) is 0. The van der Waals surface area contributed by atoms with E-state index in [1.807, 2.05) is 12.1 Å². The minimum Gasteiger partial charge on any atom is -0.0843 e. The summed E-state index contributed by atoms with van der Waals surface area (Å²) >= 11 is 9.90. The van der Waals surface area contributed by atoms with Gasteiger partial charge in [0.1, 0.15) is 0 Å². The van der Waals surface area contributed by atoms with E-state index in [0.29, 0.717) is 11.8 Å². The maximum absolute atomic E-state index is 6.28. The molecule has 0 amide bonds. The zero-order chi connectivity index (χ0) is 18.8. The molecule has 2 atom stereocenters. The number of allylic oxidation sites excluding steroid dienone is 8. The maximum Gasteiger partial charge on any atom is 0.0412 e. The molecule has 2 aliphatic carbocycles. The van der Waals surface area contributed by atoms with Crippen LogP contribution in [0.25, 0.3) is 5.57 Å². The average molecular weight is 438 g/mol. The van der Waals surface area contributed by atoms with E-state index in [1.165, 1.54) is 27.8 Å². The Balaban J connectivity index is 1.75. The fourth-order valence-corrected chi connectivity index (χ4v) is 4.58. The predicted octanol–water partition coefficient (Wildman–Crippen LogP) is 8.12. The van der Waals surface area contributed by atoms with Gasteiger partial charge in [0.15, 0.2) is 0 Å².